The molecule has 0 atom stereocenters. The van der Waals surface area contributed by atoms with Crippen molar-refractivity contribution in [1.29, 1.82) is 0 Å². The fourth-order valence-electron chi connectivity index (χ4n) is 2.46. The molecule has 0 spiro atoms. The van der Waals surface area contributed by atoms with Gasteiger partial charge in [0.25, 0.3) is 0 Å². The monoisotopic (exact) mass is 329 g/mol. The summed E-state index contributed by atoms with van der Waals surface area (Å²) < 4.78 is 12.8. The molecule has 2 heterocycles. The number of hydrogen-bond acceptors (Lipinski definition) is 4. The minimum atomic E-state index is 0.308. The molecule has 1 aromatic carbocycles. The minimum absolute atomic E-state index is 0.308. The van der Waals surface area contributed by atoms with Gasteiger partial charge in [-0.05, 0) is 31.0 Å². The molecule has 2 N–H and O–H groups in total. The van der Waals surface area contributed by atoms with Gasteiger partial charge in [-0.1, -0.05) is 6.07 Å². The Hall–Kier alpha value is -2.70. The van der Waals surface area contributed by atoms with E-state index in [9.17, 15) is 0 Å². The second-order valence-corrected chi connectivity index (χ2v) is 5.43. The number of ether oxygens (including phenoxy) is 2. The van der Waals surface area contributed by atoms with Crippen LogP contribution in [0.4, 0.5) is 0 Å². The number of benzene rings is 1. The molecule has 0 bridgehead atoms. The van der Waals surface area contributed by atoms with E-state index in [0.717, 1.165) is 43.5 Å². The van der Waals surface area contributed by atoms with E-state index in [1.54, 1.807) is 6.20 Å². The summed E-state index contributed by atoms with van der Waals surface area (Å²) >= 11 is 0. The average molecular weight is 329 g/mol. The van der Waals surface area contributed by atoms with Gasteiger partial charge in [0.15, 0.2) is 17.5 Å². The van der Waals surface area contributed by atoms with Crippen LogP contribution >= 0.6 is 0 Å². The third kappa shape index (κ3) is 4.41. The maximum Gasteiger partial charge on any atom is 0.231 e. The van der Waals surface area contributed by atoms with E-state index in [-0.39, 0.29) is 0 Å². The van der Waals surface area contributed by atoms with Crippen molar-refractivity contribution >= 4 is 5.96 Å². The van der Waals surface area contributed by atoms with Gasteiger partial charge in [0.2, 0.25) is 6.79 Å². The number of nitrogens with zero attached hydrogens (tertiary/aromatic N) is 3. The van der Waals surface area contributed by atoms with Gasteiger partial charge in [-0.15, -0.1) is 0 Å². The van der Waals surface area contributed by atoms with E-state index < -0.39 is 0 Å². The maximum absolute atomic E-state index is 5.40. The number of aromatic nitrogens is 2. The van der Waals surface area contributed by atoms with Gasteiger partial charge >= 0.3 is 0 Å². The lowest BCUT2D eigenvalue weighted by atomic mass is 10.1. The van der Waals surface area contributed by atoms with Crippen LogP contribution in [0, 0.1) is 0 Å². The summed E-state index contributed by atoms with van der Waals surface area (Å²) in [6, 6.07) is 6.04. The Morgan fingerprint density at radius 2 is 2.21 bits per heavy atom. The predicted octanol–water partition coefficient (Wildman–Crippen LogP) is 1.41. The summed E-state index contributed by atoms with van der Waals surface area (Å²) in [5.74, 6) is 2.47. The van der Waals surface area contributed by atoms with E-state index in [2.05, 4.69) is 33.6 Å². The van der Waals surface area contributed by atoms with E-state index in [0.29, 0.717) is 13.3 Å². The first-order chi connectivity index (χ1) is 11.8. The Morgan fingerprint density at radius 3 is 3.04 bits per heavy atom. The number of fused-ring (bicyclic) bond motifs is 1. The van der Waals surface area contributed by atoms with Gasteiger partial charge in [-0.3, -0.25) is 4.99 Å². The van der Waals surface area contributed by atoms with Crippen molar-refractivity contribution in [3.63, 3.8) is 0 Å². The molecule has 1 aromatic heterocycles. The lowest BCUT2D eigenvalue weighted by molar-refractivity contribution is 0.174. The number of guanidine groups is 1. The molecule has 0 aliphatic carbocycles. The van der Waals surface area contributed by atoms with Crippen LogP contribution in [0.5, 0.6) is 11.5 Å². The van der Waals surface area contributed by atoms with E-state index in [1.807, 2.05) is 29.2 Å². The molecule has 0 amide bonds. The molecule has 1 aliphatic rings. The van der Waals surface area contributed by atoms with Gasteiger partial charge in [-0.25, -0.2) is 4.98 Å². The Labute approximate surface area is 141 Å². The van der Waals surface area contributed by atoms with Crippen LogP contribution in [-0.4, -0.2) is 41.9 Å². The number of aliphatic imine (C=N–C) groups is 1. The molecule has 0 saturated heterocycles. The topological polar surface area (TPSA) is 72.7 Å². The van der Waals surface area contributed by atoms with Crippen molar-refractivity contribution in [2.24, 2.45) is 4.99 Å². The largest absolute Gasteiger partial charge is 0.454 e. The second-order valence-electron chi connectivity index (χ2n) is 5.43. The van der Waals surface area contributed by atoms with Gasteiger partial charge in [0.05, 0.1) is 6.33 Å². The number of hydrogen-bond donors (Lipinski definition) is 2. The van der Waals surface area contributed by atoms with Crippen molar-refractivity contribution in [1.82, 2.24) is 20.2 Å². The van der Waals surface area contributed by atoms with Crippen LogP contribution in [0.15, 0.2) is 41.9 Å². The molecule has 3 rings (SSSR count). The van der Waals surface area contributed by atoms with Gasteiger partial charge in [-0.2, -0.15) is 0 Å². The van der Waals surface area contributed by atoms with Crippen LogP contribution in [0.3, 0.4) is 0 Å². The van der Waals surface area contributed by atoms with Crippen molar-refractivity contribution in [2.45, 2.75) is 19.9 Å². The molecule has 128 valence electrons. The summed E-state index contributed by atoms with van der Waals surface area (Å²) in [5, 5.41) is 6.59. The molecule has 2 aromatic rings. The Kier molecular flexibility index (Phi) is 5.55. The van der Waals surface area contributed by atoms with Crippen molar-refractivity contribution in [2.75, 3.05) is 26.4 Å². The number of imidazole rings is 1. The first-order valence-corrected chi connectivity index (χ1v) is 8.21. The van der Waals surface area contributed by atoms with Gasteiger partial charge in [0, 0.05) is 38.6 Å². The zero-order valence-electron chi connectivity index (χ0n) is 13.9. The summed E-state index contributed by atoms with van der Waals surface area (Å²) in [5.41, 5.74) is 1.19. The highest BCUT2D eigenvalue weighted by atomic mass is 16.7. The molecule has 1 aliphatic heterocycles. The summed E-state index contributed by atoms with van der Waals surface area (Å²) in [4.78, 5) is 8.65. The molecular weight excluding hydrogens is 306 g/mol. The first kappa shape index (κ1) is 16.2. The van der Waals surface area contributed by atoms with Crippen molar-refractivity contribution < 1.29 is 9.47 Å². The highest BCUT2D eigenvalue weighted by molar-refractivity contribution is 5.79. The molecular formula is C17H23N5O2. The van der Waals surface area contributed by atoms with Crippen LogP contribution in [0.2, 0.25) is 0 Å². The zero-order chi connectivity index (χ0) is 16.6. The molecule has 7 heteroatoms. The summed E-state index contributed by atoms with van der Waals surface area (Å²) in [7, 11) is 0. The third-order valence-corrected chi connectivity index (χ3v) is 3.67. The predicted molar refractivity (Wildman–Crippen MR) is 92.5 cm³/mol. The Morgan fingerprint density at radius 1 is 1.29 bits per heavy atom. The minimum Gasteiger partial charge on any atom is -0.454 e. The fraction of sp³-hybridized carbons (Fsp3) is 0.412. The van der Waals surface area contributed by atoms with Crippen molar-refractivity contribution in [3.05, 3.63) is 42.5 Å². The highest BCUT2D eigenvalue weighted by Crippen LogP contribution is 2.32. The summed E-state index contributed by atoms with van der Waals surface area (Å²) in [6.07, 6.45) is 6.40. The van der Waals surface area contributed by atoms with Crippen LogP contribution in [0.1, 0.15) is 12.5 Å². The summed E-state index contributed by atoms with van der Waals surface area (Å²) in [6.45, 7) is 5.56. The first-order valence-electron chi connectivity index (χ1n) is 8.21. The fourth-order valence-corrected chi connectivity index (χ4v) is 2.46. The molecule has 0 fully saturated rings. The van der Waals surface area contributed by atoms with Crippen LogP contribution in [0.25, 0.3) is 0 Å². The molecule has 0 radical (unpaired) electrons. The maximum atomic E-state index is 5.40. The molecule has 0 unspecified atom stereocenters. The second kappa shape index (κ2) is 8.24. The van der Waals surface area contributed by atoms with E-state index in [4.69, 9.17) is 9.47 Å². The lowest BCUT2D eigenvalue weighted by Gasteiger charge is -2.11. The van der Waals surface area contributed by atoms with Crippen LogP contribution in [-0.2, 0) is 13.0 Å². The van der Waals surface area contributed by atoms with Gasteiger partial charge in [0.1, 0.15) is 0 Å². The molecule has 7 nitrogen and oxygen atoms in total. The highest BCUT2D eigenvalue weighted by Gasteiger charge is 2.12. The lowest BCUT2D eigenvalue weighted by Crippen LogP contribution is -2.39. The Bertz CT molecular complexity index is 670. The third-order valence-electron chi connectivity index (χ3n) is 3.67. The normalized spacial score (nSPS) is 13.1. The molecule has 24 heavy (non-hydrogen) atoms. The zero-order valence-corrected chi connectivity index (χ0v) is 13.9. The van der Waals surface area contributed by atoms with Crippen LogP contribution < -0.4 is 20.1 Å². The van der Waals surface area contributed by atoms with E-state index >= 15 is 0 Å². The average Bonchev–Trinajstić information content (AvgIpc) is 3.25. The quantitative estimate of drug-likeness (QED) is 0.593. The number of rotatable bonds is 7. The molecule has 0 saturated carbocycles. The standard InChI is InChI=1S/C17H23N5O2/c1-2-19-17(21-8-10-22-9-7-18-12-22)20-6-5-14-3-4-15-16(11-14)24-13-23-15/h3-4,7,9,11-12H,2,5-6,8,10,13H2,1H3,(H2,19,20,21). The number of nitrogens with one attached hydrogen (secondary N) is 2. The van der Waals surface area contributed by atoms with E-state index in [1.165, 1.54) is 5.56 Å². The Balaban J connectivity index is 1.48. The smallest absolute Gasteiger partial charge is 0.231 e. The SMILES string of the molecule is CCNC(=NCCc1ccc2c(c1)OCO2)NCCn1ccnc1. The van der Waals surface area contributed by atoms with Gasteiger partial charge < -0.3 is 24.7 Å². The van der Waals surface area contributed by atoms with Crippen molar-refractivity contribution in [3.8, 4) is 11.5 Å².